The molecule has 92 valence electrons. The van der Waals surface area contributed by atoms with Gasteiger partial charge in [0, 0.05) is 32.8 Å². The molecule has 1 N–H and O–H groups in total. The van der Waals surface area contributed by atoms with Crippen molar-refractivity contribution in [3.05, 3.63) is 0 Å². The molecule has 2 rings (SSSR count). The number of nitrogens with one attached hydrogen (secondary N) is 1. The van der Waals surface area contributed by atoms with Gasteiger partial charge in [0.15, 0.2) is 0 Å². The van der Waals surface area contributed by atoms with Crippen molar-refractivity contribution in [3.63, 3.8) is 0 Å². The van der Waals surface area contributed by atoms with Gasteiger partial charge in [0.05, 0.1) is 0 Å². The summed E-state index contributed by atoms with van der Waals surface area (Å²) in [6, 6.07) is 0.131. The van der Waals surface area contributed by atoms with Gasteiger partial charge >= 0.3 is 6.03 Å². The van der Waals surface area contributed by atoms with Crippen LogP contribution in [-0.4, -0.2) is 43.8 Å². The van der Waals surface area contributed by atoms with Gasteiger partial charge in [-0.1, -0.05) is 0 Å². The van der Waals surface area contributed by atoms with Gasteiger partial charge in [-0.3, -0.25) is 0 Å². The molecular formula is C12H22N2O2. The lowest BCUT2D eigenvalue weighted by Crippen LogP contribution is -2.44. The van der Waals surface area contributed by atoms with Gasteiger partial charge in [0.1, 0.15) is 0 Å². The van der Waals surface area contributed by atoms with E-state index in [0.717, 1.165) is 58.5 Å². The Balaban J connectivity index is 1.65. The number of likely N-dealkylation sites (tertiary alicyclic amines) is 1. The number of carbonyl (C=O) groups excluding carboxylic acids is 1. The maximum atomic E-state index is 11.8. The Bertz CT molecular complexity index is 221. The minimum atomic E-state index is 0.131. The van der Waals surface area contributed by atoms with E-state index in [1.54, 1.807) is 0 Å². The average Bonchev–Trinajstić information content (AvgIpc) is 2.38. The highest BCUT2D eigenvalue weighted by molar-refractivity contribution is 5.74. The molecule has 0 spiro atoms. The molecule has 0 bridgehead atoms. The number of ether oxygens (including phenoxy) is 1. The smallest absolute Gasteiger partial charge is 0.317 e. The summed E-state index contributed by atoms with van der Waals surface area (Å²) in [5, 5.41) is 3.05. The fraction of sp³-hybridized carbons (Fsp3) is 0.917. The Morgan fingerprint density at radius 1 is 1.19 bits per heavy atom. The second-order valence-corrected chi connectivity index (χ2v) is 4.79. The molecule has 0 unspecified atom stereocenters. The number of nitrogens with zero attached hydrogens (tertiary/aromatic N) is 1. The first kappa shape index (κ1) is 11.7. The molecular weight excluding hydrogens is 204 g/mol. The summed E-state index contributed by atoms with van der Waals surface area (Å²) >= 11 is 0. The molecule has 2 saturated heterocycles. The number of hydrogen-bond donors (Lipinski definition) is 1. The number of amides is 2. The summed E-state index contributed by atoms with van der Waals surface area (Å²) in [6.07, 6.45) is 5.75. The molecule has 2 fully saturated rings. The average molecular weight is 226 g/mol. The first-order valence-electron chi connectivity index (χ1n) is 6.47. The normalized spacial score (nSPS) is 23.1. The molecule has 0 saturated carbocycles. The minimum absolute atomic E-state index is 0.131. The van der Waals surface area contributed by atoms with Crippen molar-refractivity contribution in [2.45, 2.75) is 32.1 Å². The summed E-state index contributed by atoms with van der Waals surface area (Å²) in [5.41, 5.74) is 0. The molecule has 2 aliphatic rings. The van der Waals surface area contributed by atoms with Crippen LogP contribution in [0.4, 0.5) is 4.79 Å². The molecule has 2 aliphatic heterocycles. The molecule has 0 aromatic carbocycles. The van der Waals surface area contributed by atoms with Gasteiger partial charge in [-0.05, 0) is 38.0 Å². The van der Waals surface area contributed by atoms with Crippen LogP contribution in [0.5, 0.6) is 0 Å². The SMILES string of the molecule is O=C(NCC1CCOCC1)N1CCCCC1. The van der Waals surface area contributed by atoms with Gasteiger partial charge in [-0.15, -0.1) is 0 Å². The zero-order valence-electron chi connectivity index (χ0n) is 9.91. The molecule has 0 aromatic rings. The lowest BCUT2D eigenvalue weighted by atomic mass is 10.0. The first-order valence-corrected chi connectivity index (χ1v) is 6.47. The summed E-state index contributed by atoms with van der Waals surface area (Å²) in [6.45, 7) is 4.38. The van der Waals surface area contributed by atoms with Crippen LogP contribution in [0.2, 0.25) is 0 Å². The summed E-state index contributed by atoms with van der Waals surface area (Å²) in [7, 11) is 0. The van der Waals surface area contributed by atoms with Crippen molar-refractivity contribution >= 4 is 6.03 Å². The van der Waals surface area contributed by atoms with Gasteiger partial charge in [-0.2, -0.15) is 0 Å². The van der Waals surface area contributed by atoms with Crippen LogP contribution >= 0.6 is 0 Å². The Morgan fingerprint density at radius 2 is 1.88 bits per heavy atom. The van der Waals surface area contributed by atoms with E-state index in [1.165, 1.54) is 6.42 Å². The highest BCUT2D eigenvalue weighted by Gasteiger charge is 2.18. The number of rotatable bonds is 2. The summed E-state index contributed by atoms with van der Waals surface area (Å²) in [4.78, 5) is 13.8. The molecule has 4 nitrogen and oxygen atoms in total. The van der Waals surface area contributed by atoms with E-state index in [0.29, 0.717) is 5.92 Å². The predicted molar refractivity (Wildman–Crippen MR) is 62.4 cm³/mol. The second-order valence-electron chi connectivity index (χ2n) is 4.79. The standard InChI is InChI=1S/C12H22N2O2/c15-12(14-6-2-1-3-7-14)13-10-11-4-8-16-9-5-11/h11H,1-10H2,(H,13,15). The number of urea groups is 1. The largest absolute Gasteiger partial charge is 0.381 e. The van der Waals surface area contributed by atoms with Crippen LogP contribution in [0.1, 0.15) is 32.1 Å². The van der Waals surface area contributed by atoms with Crippen molar-refractivity contribution in [2.24, 2.45) is 5.92 Å². The van der Waals surface area contributed by atoms with E-state index in [4.69, 9.17) is 4.74 Å². The quantitative estimate of drug-likeness (QED) is 0.777. The van der Waals surface area contributed by atoms with Gasteiger partial charge in [0.2, 0.25) is 0 Å². The fourth-order valence-electron chi connectivity index (χ4n) is 2.39. The van der Waals surface area contributed by atoms with E-state index in [2.05, 4.69) is 5.32 Å². The van der Waals surface area contributed by atoms with Crippen LogP contribution in [0.25, 0.3) is 0 Å². The molecule has 0 atom stereocenters. The van der Waals surface area contributed by atoms with Crippen molar-refractivity contribution < 1.29 is 9.53 Å². The Labute approximate surface area is 97.3 Å². The van der Waals surface area contributed by atoms with Crippen LogP contribution < -0.4 is 5.32 Å². The van der Waals surface area contributed by atoms with Gasteiger partial charge < -0.3 is 15.0 Å². The van der Waals surface area contributed by atoms with E-state index >= 15 is 0 Å². The van der Waals surface area contributed by atoms with E-state index in [9.17, 15) is 4.79 Å². The lowest BCUT2D eigenvalue weighted by Gasteiger charge is -2.28. The molecule has 16 heavy (non-hydrogen) atoms. The summed E-state index contributed by atoms with van der Waals surface area (Å²) < 4.78 is 5.30. The highest BCUT2D eigenvalue weighted by atomic mass is 16.5. The zero-order chi connectivity index (χ0) is 11.2. The minimum Gasteiger partial charge on any atom is -0.381 e. The van der Waals surface area contributed by atoms with E-state index < -0.39 is 0 Å². The number of piperidine rings is 1. The monoisotopic (exact) mass is 226 g/mol. The topological polar surface area (TPSA) is 41.6 Å². The maximum Gasteiger partial charge on any atom is 0.317 e. The van der Waals surface area contributed by atoms with Crippen LogP contribution in [0, 0.1) is 5.92 Å². The molecule has 0 aromatic heterocycles. The van der Waals surface area contributed by atoms with Crippen molar-refractivity contribution in [1.82, 2.24) is 10.2 Å². The van der Waals surface area contributed by atoms with E-state index in [1.807, 2.05) is 4.90 Å². The van der Waals surface area contributed by atoms with Gasteiger partial charge in [-0.25, -0.2) is 4.79 Å². The zero-order valence-corrected chi connectivity index (χ0v) is 9.91. The van der Waals surface area contributed by atoms with Crippen molar-refractivity contribution in [3.8, 4) is 0 Å². The maximum absolute atomic E-state index is 11.8. The molecule has 0 radical (unpaired) electrons. The Kier molecular flexibility index (Phi) is 4.45. The first-order chi connectivity index (χ1) is 7.86. The van der Waals surface area contributed by atoms with Crippen LogP contribution in [0.15, 0.2) is 0 Å². The Hall–Kier alpha value is -0.770. The summed E-state index contributed by atoms with van der Waals surface area (Å²) in [5.74, 6) is 0.613. The third-order valence-corrected chi connectivity index (χ3v) is 3.53. The van der Waals surface area contributed by atoms with Crippen molar-refractivity contribution in [1.29, 1.82) is 0 Å². The third-order valence-electron chi connectivity index (χ3n) is 3.53. The van der Waals surface area contributed by atoms with Crippen molar-refractivity contribution in [2.75, 3.05) is 32.8 Å². The fourth-order valence-corrected chi connectivity index (χ4v) is 2.39. The lowest BCUT2D eigenvalue weighted by molar-refractivity contribution is 0.0663. The highest BCUT2D eigenvalue weighted by Crippen LogP contribution is 2.14. The Morgan fingerprint density at radius 3 is 2.56 bits per heavy atom. The van der Waals surface area contributed by atoms with Gasteiger partial charge in [0.25, 0.3) is 0 Å². The molecule has 4 heteroatoms. The molecule has 2 amide bonds. The van der Waals surface area contributed by atoms with Crippen LogP contribution in [0.3, 0.4) is 0 Å². The molecule has 0 aliphatic carbocycles. The third kappa shape index (κ3) is 3.37. The molecule has 2 heterocycles. The number of carbonyl (C=O) groups is 1. The second kappa shape index (κ2) is 6.09. The predicted octanol–water partition coefficient (Wildman–Crippen LogP) is 1.61. The number of hydrogen-bond acceptors (Lipinski definition) is 2. The van der Waals surface area contributed by atoms with Crippen LogP contribution in [-0.2, 0) is 4.74 Å². The van der Waals surface area contributed by atoms with E-state index in [-0.39, 0.29) is 6.03 Å².